The van der Waals surface area contributed by atoms with Crippen molar-refractivity contribution >= 4 is 21.7 Å². The molecule has 1 atom stereocenters. The van der Waals surface area contributed by atoms with Crippen molar-refractivity contribution in [2.45, 2.75) is 25.2 Å². The van der Waals surface area contributed by atoms with E-state index in [2.05, 4.69) is 55.5 Å². The average Bonchev–Trinajstić information content (AvgIpc) is 2.47. The Morgan fingerprint density at radius 2 is 2.05 bits per heavy atom. The van der Waals surface area contributed by atoms with E-state index in [1.165, 1.54) is 11.1 Å². The van der Waals surface area contributed by atoms with Gasteiger partial charge in [-0.15, -0.1) is 0 Å². The van der Waals surface area contributed by atoms with Crippen molar-refractivity contribution in [1.82, 2.24) is 9.97 Å². The van der Waals surface area contributed by atoms with Gasteiger partial charge in [0, 0.05) is 19.2 Å². The Kier molecular flexibility index (Phi) is 3.51. The van der Waals surface area contributed by atoms with Crippen molar-refractivity contribution in [3.8, 4) is 0 Å². The third-order valence-electron chi connectivity index (χ3n) is 3.71. The van der Waals surface area contributed by atoms with Gasteiger partial charge < -0.3 is 5.32 Å². The van der Waals surface area contributed by atoms with Crippen molar-refractivity contribution < 1.29 is 0 Å². The van der Waals surface area contributed by atoms with Gasteiger partial charge >= 0.3 is 0 Å². The summed E-state index contributed by atoms with van der Waals surface area (Å²) >= 11 is 3.45. The molecule has 0 saturated carbocycles. The van der Waals surface area contributed by atoms with Gasteiger partial charge in [0.15, 0.2) is 0 Å². The van der Waals surface area contributed by atoms with Gasteiger partial charge in [-0.1, -0.05) is 24.3 Å². The van der Waals surface area contributed by atoms with Gasteiger partial charge in [-0.05, 0) is 46.3 Å². The summed E-state index contributed by atoms with van der Waals surface area (Å²) in [5.74, 6) is 2.24. The van der Waals surface area contributed by atoms with Crippen LogP contribution in [0.4, 0.5) is 5.82 Å². The summed E-state index contributed by atoms with van der Waals surface area (Å²) in [4.78, 5) is 9.10. The zero-order valence-electron chi connectivity index (χ0n) is 10.9. The summed E-state index contributed by atoms with van der Waals surface area (Å²) in [5.41, 5.74) is 2.92. The van der Waals surface area contributed by atoms with Crippen LogP contribution in [0, 0.1) is 0 Å². The summed E-state index contributed by atoms with van der Waals surface area (Å²) in [5, 5.41) is 3.10. The third kappa shape index (κ3) is 2.50. The highest BCUT2D eigenvalue weighted by Crippen LogP contribution is 2.32. The molecule has 1 aliphatic carbocycles. The van der Waals surface area contributed by atoms with Gasteiger partial charge in [-0.2, -0.15) is 0 Å². The summed E-state index contributed by atoms with van der Waals surface area (Å²) in [6.07, 6.45) is 5.13. The number of halogens is 1. The topological polar surface area (TPSA) is 37.8 Å². The highest BCUT2D eigenvalue weighted by atomic mass is 79.9. The molecule has 0 spiro atoms. The molecule has 4 heteroatoms. The molecule has 1 unspecified atom stereocenters. The van der Waals surface area contributed by atoms with E-state index in [9.17, 15) is 0 Å². The Bertz CT molecular complexity index is 598. The smallest absolute Gasteiger partial charge is 0.143 e. The number of anilines is 1. The first-order valence-corrected chi connectivity index (χ1v) is 7.34. The minimum atomic E-state index is 0.426. The number of aryl methyl sites for hydroxylation is 1. The standard InChI is InChI=1S/C15H16BrN3/c1-17-15-13(16)9-18-14(19-15)12-7-6-10-4-2-3-5-11(10)8-12/h2-5,9,12H,6-8H2,1H3,(H,17,18,19). The molecule has 98 valence electrons. The van der Waals surface area contributed by atoms with E-state index in [1.54, 1.807) is 0 Å². The molecule has 1 aliphatic rings. The van der Waals surface area contributed by atoms with Crippen LogP contribution < -0.4 is 5.32 Å². The molecule has 0 radical (unpaired) electrons. The number of nitrogens with one attached hydrogen (secondary N) is 1. The first-order chi connectivity index (χ1) is 9.28. The van der Waals surface area contributed by atoms with Crippen molar-refractivity contribution in [2.75, 3.05) is 12.4 Å². The number of nitrogens with zero attached hydrogens (tertiary/aromatic N) is 2. The van der Waals surface area contributed by atoms with Crippen LogP contribution >= 0.6 is 15.9 Å². The van der Waals surface area contributed by atoms with Gasteiger partial charge in [0.1, 0.15) is 11.6 Å². The zero-order valence-corrected chi connectivity index (χ0v) is 12.4. The highest BCUT2D eigenvalue weighted by molar-refractivity contribution is 9.10. The fourth-order valence-corrected chi connectivity index (χ4v) is 3.06. The predicted molar refractivity (Wildman–Crippen MR) is 80.5 cm³/mol. The predicted octanol–water partition coefficient (Wildman–Crippen LogP) is 3.55. The van der Waals surface area contributed by atoms with Gasteiger partial charge in [-0.3, -0.25) is 0 Å². The number of fused-ring (bicyclic) bond motifs is 1. The molecule has 0 bridgehead atoms. The average molecular weight is 318 g/mol. The second kappa shape index (κ2) is 5.29. The van der Waals surface area contributed by atoms with Crippen molar-refractivity contribution in [1.29, 1.82) is 0 Å². The number of hydrogen-bond acceptors (Lipinski definition) is 3. The number of aromatic nitrogens is 2. The maximum atomic E-state index is 4.62. The minimum Gasteiger partial charge on any atom is -0.372 e. The second-order valence-corrected chi connectivity index (χ2v) is 5.74. The maximum Gasteiger partial charge on any atom is 0.143 e. The van der Waals surface area contributed by atoms with Crippen molar-refractivity contribution in [3.63, 3.8) is 0 Å². The normalized spacial score (nSPS) is 17.9. The lowest BCUT2D eigenvalue weighted by molar-refractivity contribution is 0.555. The van der Waals surface area contributed by atoms with Crippen LogP contribution in [0.2, 0.25) is 0 Å². The quantitative estimate of drug-likeness (QED) is 0.920. The van der Waals surface area contributed by atoms with E-state index >= 15 is 0 Å². The Morgan fingerprint density at radius 3 is 2.84 bits per heavy atom. The minimum absolute atomic E-state index is 0.426. The SMILES string of the molecule is CNc1nc(C2CCc3ccccc3C2)ncc1Br. The third-order valence-corrected chi connectivity index (χ3v) is 4.29. The molecule has 0 saturated heterocycles. The van der Waals surface area contributed by atoms with Crippen LogP contribution in [-0.2, 0) is 12.8 Å². The molecule has 0 fully saturated rings. The Balaban J connectivity index is 1.89. The molecule has 1 aromatic carbocycles. The summed E-state index contributed by atoms with van der Waals surface area (Å²) < 4.78 is 0.912. The first kappa shape index (κ1) is 12.6. The Labute approximate surface area is 121 Å². The van der Waals surface area contributed by atoms with Gasteiger partial charge in [0.2, 0.25) is 0 Å². The second-order valence-electron chi connectivity index (χ2n) is 4.88. The molecule has 0 amide bonds. The lowest BCUT2D eigenvalue weighted by Crippen LogP contribution is -2.15. The van der Waals surface area contributed by atoms with Crippen LogP contribution in [0.5, 0.6) is 0 Å². The van der Waals surface area contributed by atoms with Crippen molar-refractivity contribution in [2.24, 2.45) is 0 Å². The Morgan fingerprint density at radius 1 is 1.26 bits per heavy atom. The molecule has 3 nitrogen and oxygen atoms in total. The van der Waals surface area contributed by atoms with Crippen LogP contribution in [0.25, 0.3) is 0 Å². The van der Waals surface area contributed by atoms with Crippen LogP contribution in [-0.4, -0.2) is 17.0 Å². The van der Waals surface area contributed by atoms with Gasteiger partial charge in [-0.25, -0.2) is 9.97 Å². The van der Waals surface area contributed by atoms with E-state index in [0.717, 1.165) is 35.4 Å². The molecule has 1 heterocycles. The molecule has 1 N–H and O–H groups in total. The molecule has 0 aliphatic heterocycles. The van der Waals surface area contributed by atoms with E-state index < -0.39 is 0 Å². The first-order valence-electron chi connectivity index (χ1n) is 6.55. The van der Waals surface area contributed by atoms with E-state index in [4.69, 9.17) is 0 Å². The van der Waals surface area contributed by atoms with Crippen molar-refractivity contribution in [3.05, 3.63) is 51.9 Å². The molecule has 19 heavy (non-hydrogen) atoms. The molecular formula is C15H16BrN3. The summed E-state index contributed by atoms with van der Waals surface area (Å²) in [6, 6.07) is 8.68. The highest BCUT2D eigenvalue weighted by Gasteiger charge is 2.22. The van der Waals surface area contributed by atoms with Crippen LogP contribution in [0.15, 0.2) is 34.9 Å². The molecule has 1 aromatic heterocycles. The zero-order chi connectivity index (χ0) is 13.2. The monoisotopic (exact) mass is 317 g/mol. The van der Waals surface area contributed by atoms with E-state index in [0.29, 0.717) is 5.92 Å². The van der Waals surface area contributed by atoms with E-state index in [1.807, 2.05) is 13.2 Å². The Hall–Kier alpha value is -1.42. The summed E-state index contributed by atoms with van der Waals surface area (Å²) in [6.45, 7) is 0. The molecular weight excluding hydrogens is 302 g/mol. The fraction of sp³-hybridized carbons (Fsp3) is 0.333. The van der Waals surface area contributed by atoms with Crippen LogP contribution in [0.1, 0.15) is 29.3 Å². The lowest BCUT2D eigenvalue weighted by Gasteiger charge is -2.23. The molecule has 2 aromatic rings. The summed E-state index contributed by atoms with van der Waals surface area (Å²) in [7, 11) is 1.88. The number of hydrogen-bond donors (Lipinski definition) is 1. The lowest BCUT2D eigenvalue weighted by atomic mass is 9.83. The van der Waals surface area contributed by atoms with Gasteiger partial charge in [0.05, 0.1) is 4.47 Å². The van der Waals surface area contributed by atoms with Gasteiger partial charge in [0.25, 0.3) is 0 Å². The maximum absolute atomic E-state index is 4.62. The largest absolute Gasteiger partial charge is 0.372 e. The number of benzene rings is 1. The molecule has 3 rings (SSSR count). The fourth-order valence-electron chi connectivity index (χ4n) is 2.67. The number of rotatable bonds is 2. The van der Waals surface area contributed by atoms with Crippen LogP contribution in [0.3, 0.4) is 0 Å². The van der Waals surface area contributed by atoms with E-state index in [-0.39, 0.29) is 0 Å².